The lowest BCUT2D eigenvalue weighted by molar-refractivity contribution is -0.141. The smallest absolute Gasteiger partial charge is 0.326 e. The molecule has 11 heteroatoms. The van der Waals surface area contributed by atoms with Gasteiger partial charge >= 0.3 is 5.97 Å². The first-order valence-electron chi connectivity index (χ1n) is 10.8. The third kappa shape index (κ3) is 6.04. The molecule has 1 atom stereocenters. The van der Waals surface area contributed by atoms with E-state index in [0.717, 1.165) is 4.31 Å². The lowest BCUT2D eigenvalue weighted by atomic mass is 10.00. The predicted octanol–water partition coefficient (Wildman–Crippen LogP) is 4.85. The molecule has 0 spiro atoms. The van der Waals surface area contributed by atoms with Crippen molar-refractivity contribution in [3.05, 3.63) is 81.8 Å². The Balaban J connectivity index is 2.21. The monoisotopic (exact) mass is 553 g/mol. The number of rotatable bonds is 10. The van der Waals surface area contributed by atoms with Crippen molar-refractivity contribution in [2.45, 2.75) is 17.9 Å². The summed E-state index contributed by atoms with van der Waals surface area (Å²) in [7, 11) is -1.56. The van der Waals surface area contributed by atoms with Gasteiger partial charge in [-0.1, -0.05) is 35.3 Å². The largest absolute Gasteiger partial charge is 0.493 e. The molecule has 0 aliphatic rings. The Morgan fingerprint density at radius 1 is 0.972 bits per heavy atom. The van der Waals surface area contributed by atoms with E-state index in [1.165, 1.54) is 50.6 Å². The summed E-state index contributed by atoms with van der Waals surface area (Å²) in [5.41, 5.74) is 0.596. The van der Waals surface area contributed by atoms with Gasteiger partial charge in [0.15, 0.2) is 11.5 Å². The number of carbonyl (C=O) groups is 1. The molecule has 3 rings (SSSR count). The molecule has 0 radical (unpaired) electrons. The minimum Gasteiger partial charge on any atom is -0.493 e. The zero-order valence-corrected chi connectivity index (χ0v) is 22.1. The van der Waals surface area contributed by atoms with Gasteiger partial charge in [0.25, 0.3) is 10.0 Å². The summed E-state index contributed by atoms with van der Waals surface area (Å²) in [6.45, 7) is 1.02. The van der Waals surface area contributed by atoms with Crippen LogP contribution >= 0.6 is 23.2 Å². The Bertz CT molecular complexity index is 1350. The van der Waals surface area contributed by atoms with Crippen LogP contribution in [0.15, 0.2) is 65.6 Å². The van der Waals surface area contributed by atoms with Crippen LogP contribution in [-0.2, 0) is 19.6 Å². The van der Waals surface area contributed by atoms with E-state index in [1.807, 2.05) is 0 Å². The summed E-state index contributed by atoms with van der Waals surface area (Å²) in [4.78, 5) is 12.3. The van der Waals surface area contributed by atoms with Crippen LogP contribution in [0.5, 0.6) is 11.5 Å². The second kappa shape index (κ2) is 11.8. The standard InChI is InChI=1S/C25H25Cl2NO7S/c1-4-35-24(29)15-28(36(31,32)19-9-11-22(33-2)23(14-19)34-3)21-10-8-18(27)13-20(21)25(30)16-6-5-7-17(26)12-16/h5-14,25,30H,4,15H2,1-3H3. The second-order valence-electron chi connectivity index (χ2n) is 7.49. The number of ether oxygens (including phenoxy) is 3. The number of halogens is 2. The van der Waals surface area contributed by atoms with Gasteiger partial charge in [-0.3, -0.25) is 9.10 Å². The van der Waals surface area contributed by atoms with Crippen LogP contribution in [0.25, 0.3) is 0 Å². The third-order valence-corrected chi connectivity index (χ3v) is 7.46. The van der Waals surface area contributed by atoms with Crippen molar-refractivity contribution in [1.29, 1.82) is 0 Å². The molecule has 36 heavy (non-hydrogen) atoms. The summed E-state index contributed by atoms with van der Waals surface area (Å²) in [6, 6.07) is 14.9. The number of hydrogen-bond donors (Lipinski definition) is 1. The molecule has 1 unspecified atom stereocenters. The van der Waals surface area contributed by atoms with Gasteiger partial charge in [-0.2, -0.15) is 0 Å². The zero-order valence-electron chi connectivity index (χ0n) is 19.8. The van der Waals surface area contributed by atoms with Crippen LogP contribution in [0.2, 0.25) is 10.0 Å². The highest BCUT2D eigenvalue weighted by atomic mass is 35.5. The molecule has 0 heterocycles. The van der Waals surface area contributed by atoms with E-state index in [9.17, 15) is 18.3 Å². The molecule has 0 aliphatic carbocycles. The Labute approximate surface area is 220 Å². The third-order valence-electron chi connectivity index (χ3n) is 5.24. The molecule has 3 aromatic carbocycles. The van der Waals surface area contributed by atoms with Crippen LogP contribution in [0.4, 0.5) is 5.69 Å². The van der Waals surface area contributed by atoms with Crippen LogP contribution in [-0.4, -0.2) is 46.9 Å². The SMILES string of the molecule is CCOC(=O)CN(c1ccc(Cl)cc1C(O)c1cccc(Cl)c1)S(=O)(=O)c1ccc(OC)c(OC)c1. The first kappa shape index (κ1) is 27.6. The number of aliphatic hydroxyl groups is 1. The Hall–Kier alpha value is -2.98. The maximum Gasteiger partial charge on any atom is 0.326 e. The van der Waals surface area contributed by atoms with Crippen molar-refractivity contribution in [2.75, 3.05) is 31.7 Å². The van der Waals surface area contributed by atoms with Crippen molar-refractivity contribution >= 4 is 44.9 Å². The molecule has 0 saturated carbocycles. The highest BCUT2D eigenvalue weighted by molar-refractivity contribution is 7.92. The Morgan fingerprint density at radius 2 is 1.67 bits per heavy atom. The highest BCUT2D eigenvalue weighted by Gasteiger charge is 2.32. The number of carbonyl (C=O) groups excluding carboxylic acids is 1. The van der Waals surface area contributed by atoms with Gasteiger partial charge in [0, 0.05) is 21.7 Å². The molecule has 8 nitrogen and oxygen atoms in total. The van der Waals surface area contributed by atoms with Gasteiger partial charge in [0.2, 0.25) is 0 Å². The van der Waals surface area contributed by atoms with Crippen molar-refractivity contribution < 1.29 is 32.5 Å². The molecule has 0 fully saturated rings. The fraction of sp³-hybridized carbons (Fsp3) is 0.240. The fourth-order valence-electron chi connectivity index (χ4n) is 3.56. The first-order chi connectivity index (χ1) is 17.1. The van der Waals surface area contributed by atoms with E-state index in [2.05, 4.69) is 0 Å². The molecule has 3 aromatic rings. The number of esters is 1. The number of methoxy groups -OCH3 is 2. The van der Waals surface area contributed by atoms with Gasteiger partial charge in [0.1, 0.15) is 12.6 Å². The van der Waals surface area contributed by atoms with E-state index in [4.69, 9.17) is 37.4 Å². The van der Waals surface area contributed by atoms with E-state index in [0.29, 0.717) is 16.3 Å². The van der Waals surface area contributed by atoms with Gasteiger partial charge in [-0.25, -0.2) is 8.42 Å². The summed E-state index contributed by atoms with van der Waals surface area (Å²) in [5.74, 6) is -0.262. The average molecular weight is 554 g/mol. The average Bonchev–Trinajstić information content (AvgIpc) is 2.86. The number of sulfonamides is 1. The van der Waals surface area contributed by atoms with Crippen molar-refractivity contribution in [3.8, 4) is 11.5 Å². The van der Waals surface area contributed by atoms with E-state index >= 15 is 0 Å². The number of anilines is 1. The number of hydrogen-bond acceptors (Lipinski definition) is 7. The minimum absolute atomic E-state index is 0.0368. The molecular weight excluding hydrogens is 529 g/mol. The molecular formula is C25H25Cl2NO7S. The maximum absolute atomic E-state index is 13.9. The fourth-order valence-corrected chi connectivity index (χ4v) is 5.39. The molecule has 0 bridgehead atoms. The van der Waals surface area contributed by atoms with Crippen LogP contribution in [0.1, 0.15) is 24.2 Å². The van der Waals surface area contributed by atoms with Crippen LogP contribution in [0, 0.1) is 0 Å². The Kier molecular flexibility index (Phi) is 9.08. The lowest BCUT2D eigenvalue weighted by Gasteiger charge is -2.28. The highest BCUT2D eigenvalue weighted by Crippen LogP contribution is 2.38. The lowest BCUT2D eigenvalue weighted by Crippen LogP contribution is -2.37. The molecule has 0 saturated heterocycles. The van der Waals surface area contributed by atoms with Gasteiger partial charge in [0.05, 0.1) is 31.4 Å². The van der Waals surface area contributed by atoms with Crippen LogP contribution in [0.3, 0.4) is 0 Å². The summed E-state index contributed by atoms with van der Waals surface area (Å²) < 4.78 is 44.1. The quantitative estimate of drug-likeness (QED) is 0.358. The minimum atomic E-state index is -4.37. The molecule has 0 aromatic heterocycles. The first-order valence-corrected chi connectivity index (χ1v) is 12.9. The molecule has 1 N–H and O–H groups in total. The van der Waals surface area contributed by atoms with Gasteiger partial charge < -0.3 is 19.3 Å². The summed E-state index contributed by atoms with van der Waals surface area (Å²) in [6.07, 6.45) is -1.30. The van der Waals surface area contributed by atoms with Crippen LogP contribution < -0.4 is 13.8 Å². The summed E-state index contributed by atoms with van der Waals surface area (Å²) in [5, 5.41) is 11.8. The molecule has 192 valence electrons. The van der Waals surface area contributed by atoms with E-state index < -0.39 is 28.6 Å². The van der Waals surface area contributed by atoms with Gasteiger partial charge in [-0.05, 0) is 55.0 Å². The van der Waals surface area contributed by atoms with Crippen molar-refractivity contribution in [2.24, 2.45) is 0 Å². The van der Waals surface area contributed by atoms with E-state index in [-0.39, 0.29) is 33.5 Å². The molecule has 0 aliphatic heterocycles. The second-order valence-corrected chi connectivity index (χ2v) is 10.2. The number of benzene rings is 3. The van der Waals surface area contributed by atoms with Crippen molar-refractivity contribution in [1.82, 2.24) is 0 Å². The number of nitrogens with zero attached hydrogens (tertiary/aromatic N) is 1. The van der Waals surface area contributed by atoms with Gasteiger partial charge in [-0.15, -0.1) is 0 Å². The molecule has 0 amide bonds. The predicted molar refractivity (Wildman–Crippen MR) is 138 cm³/mol. The maximum atomic E-state index is 13.9. The normalized spacial score (nSPS) is 12.1. The topological polar surface area (TPSA) is 102 Å². The number of aliphatic hydroxyl groups excluding tert-OH is 1. The zero-order chi connectivity index (χ0) is 26.5. The van der Waals surface area contributed by atoms with Crippen molar-refractivity contribution in [3.63, 3.8) is 0 Å². The van der Waals surface area contributed by atoms with E-state index in [1.54, 1.807) is 31.2 Å². The Morgan fingerprint density at radius 3 is 2.31 bits per heavy atom. The summed E-state index contributed by atoms with van der Waals surface area (Å²) >= 11 is 12.3.